The molecule has 3 aromatic heterocycles. The van der Waals surface area contributed by atoms with Crippen molar-refractivity contribution in [2.75, 3.05) is 0 Å². The average Bonchev–Trinajstić information content (AvgIpc) is 3.19. The van der Waals surface area contributed by atoms with Gasteiger partial charge in [-0.1, -0.05) is 17.3 Å². The summed E-state index contributed by atoms with van der Waals surface area (Å²) in [5.74, 6) is 0.335. The van der Waals surface area contributed by atoms with Crippen molar-refractivity contribution >= 4 is 17.2 Å². The molecule has 0 bridgehead atoms. The molecular weight excluding hydrogens is 286 g/mol. The van der Waals surface area contributed by atoms with Crippen LogP contribution in [0.1, 0.15) is 29.0 Å². The second kappa shape index (κ2) is 5.88. The van der Waals surface area contributed by atoms with Crippen LogP contribution >= 0.6 is 11.3 Å². The van der Waals surface area contributed by atoms with Crippen LogP contribution in [0.2, 0.25) is 0 Å². The first-order valence-electron chi connectivity index (χ1n) is 6.45. The predicted octanol–water partition coefficient (Wildman–Crippen LogP) is 3.29. The van der Waals surface area contributed by atoms with E-state index in [1.165, 1.54) is 11.3 Å². The van der Waals surface area contributed by atoms with Crippen LogP contribution in [0.15, 0.2) is 52.6 Å². The fraction of sp³-hybridized carbons (Fsp3) is 0.133. The lowest BCUT2D eigenvalue weighted by atomic mass is 10.1. The van der Waals surface area contributed by atoms with Gasteiger partial charge in [-0.05, 0) is 30.0 Å². The summed E-state index contributed by atoms with van der Waals surface area (Å²) >= 11 is 1.54. The second-order valence-corrected chi connectivity index (χ2v) is 5.48. The van der Waals surface area contributed by atoms with Gasteiger partial charge in [-0.25, -0.2) is 0 Å². The number of carbonyl (C=O) groups is 1. The molecule has 21 heavy (non-hydrogen) atoms. The molecule has 1 amide bonds. The van der Waals surface area contributed by atoms with Crippen molar-refractivity contribution in [1.82, 2.24) is 15.5 Å². The zero-order chi connectivity index (χ0) is 14.7. The number of hydrogen-bond acceptors (Lipinski definition) is 5. The van der Waals surface area contributed by atoms with E-state index >= 15 is 0 Å². The van der Waals surface area contributed by atoms with E-state index in [4.69, 9.17) is 4.52 Å². The molecule has 6 heteroatoms. The van der Waals surface area contributed by atoms with Gasteiger partial charge in [0.25, 0.3) is 5.91 Å². The zero-order valence-corrected chi connectivity index (χ0v) is 12.1. The van der Waals surface area contributed by atoms with Gasteiger partial charge in [0.1, 0.15) is 0 Å². The van der Waals surface area contributed by atoms with Crippen LogP contribution in [-0.4, -0.2) is 16.0 Å². The summed E-state index contributed by atoms with van der Waals surface area (Å²) in [6, 6.07) is 9.10. The lowest BCUT2D eigenvalue weighted by Crippen LogP contribution is -2.26. The maximum absolute atomic E-state index is 12.2. The van der Waals surface area contributed by atoms with Gasteiger partial charge in [0.05, 0.1) is 10.9 Å². The molecule has 5 nitrogen and oxygen atoms in total. The minimum absolute atomic E-state index is 0.145. The number of amides is 1. The molecule has 3 aromatic rings. The first-order valence-corrected chi connectivity index (χ1v) is 7.33. The number of hydrogen-bond donors (Lipinski definition) is 1. The first kappa shape index (κ1) is 13.5. The van der Waals surface area contributed by atoms with Crippen LogP contribution in [-0.2, 0) is 0 Å². The molecule has 1 atom stereocenters. The molecule has 0 unspecified atom stereocenters. The molecule has 3 rings (SSSR count). The standard InChI is InChI=1S/C15H13N3O2S/c1-10(11-4-2-6-16-9-11)17-15(19)12-8-13(20-18-12)14-5-3-7-21-14/h2-10H,1H3,(H,17,19)/t10-/m1/s1. The molecule has 106 valence electrons. The van der Waals surface area contributed by atoms with Crippen molar-refractivity contribution in [3.63, 3.8) is 0 Å². The Kier molecular flexibility index (Phi) is 3.79. The summed E-state index contributed by atoms with van der Waals surface area (Å²) in [5.41, 5.74) is 1.21. The van der Waals surface area contributed by atoms with E-state index in [-0.39, 0.29) is 17.6 Å². The largest absolute Gasteiger partial charge is 0.355 e. The van der Waals surface area contributed by atoms with Crippen LogP contribution in [0.25, 0.3) is 10.6 Å². The molecule has 1 N–H and O–H groups in total. The minimum Gasteiger partial charge on any atom is -0.355 e. The van der Waals surface area contributed by atoms with Crippen molar-refractivity contribution in [2.45, 2.75) is 13.0 Å². The van der Waals surface area contributed by atoms with Gasteiger partial charge in [0.15, 0.2) is 11.5 Å². The zero-order valence-electron chi connectivity index (χ0n) is 11.3. The Bertz CT molecular complexity index is 722. The van der Waals surface area contributed by atoms with Crippen molar-refractivity contribution in [3.05, 3.63) is 59.4 Å². The van der Waals surface area contributed by atoms with Crippen LogP contribution < -0.4 is 5.32 Å². The molecule has 0 fully saturated rings. The van der Waals surface area contributed by atoms with Crippen molar-refractivity contribution in [3.8, 4) is 10.6 Å². The third-order valence-electron chi connectivity index (χ3n) is 3.04. The third-order valence-corrected chi connectivity index (χ3v) is 3.92. The highest BCUT2D eigenvalue weighted by molar-refractivity contribution is 7.13. The summed E-state index contributed by atoms with van der Waals surface area (Å²) in [6.07, 6.45) is 3.42. The van der Waals surface area contributed by atoms with Crippen molar-refractivity contribution in [1.29, 1.82) is 0 Å². The Morgan fingerprint density at radius 2 is 2.29 bits per heavy atom. The van der Waals surface area contributed by atoms with Crippen molar-refractivity contribution in [2.24, 2.45) is 0 Å². The quantitative estimate of drug-likeness (QED) is 0.802. The number of rotatable bonds is 4. The summed E-state index contributed by atoms with van der Waals surface area (Å²) in [5, 5.41) is 8.64. The topological polar surface area (TPSA) is 68.0 Å². The van der Waals surface area contributed by atoms with Crippen LogP contribution in [0.4, 0.5) is 0 Å². The number of nitrogens with zero attached hydrogens (tertiary/aromatic N) is 2. The summed E-state index contributed by atoms with van der Waals surface area (Å²) in [7, 11) is 0. The SMILES string of the molecule is C[C@@H](NC(=O)c1cc(-c2cccs2)on1)c1cccnc1. The van der Waals surface area contributed by atoms with Gasteiger partial charge in [0, 0.05) is 18.5 Å². The molecule has 0 radical (unpaired) electrons. The minimum atomic E-state index is -0.266. The summed E-state index contributed by atoms with van der Waals surface area (Å²) in [6.45, 7) is 1.90. The van der Waals surface area contributed by atoms with Gasteiger partial charge in [-0.2, -0.15) is 0 Å². The van der Waals surface area contributed by atoms with Crippen LogP contribution in [0.5, 0.6) is 0 Å². The van der Waals surface area contributed by atoms with E-state index in [0.29, 0.717) is 5.76 Å². The predicted molar refractivity (Wildman–Crippen MR) is 79.9 cm³/mol. The molecule has 0 aliphatic heterocycles. The van der Waals surface area contributed by atoms with Crippen LogP contribution in [0, 0.1) is 0 Å². The monoisotopic (exact) mass is 299 g/mol. The molecule has 0 aliphatic carbocycles. The number of pyridine rings is 1. The lowest BCUT2D eigenvalue weighted by Gasteiger charge is -2.12. The molecule has 0 saturated carbocycles. The Labute approximate surface area is 125 Å². The normalized spacial score (nSPS) is 12.0. The van der Waals surface area contributed by atoms with Crippen molar-refractivity contribution < 1.29 is 9.32 Å². The average molecular weight is 299 g/mol. The highest BCUT2D eigenvalue weighted by Crippen LogP contribution is 2.25. The first-order chi connectivity index (χ1) is 10.2. The third kappa shape index (κ3) is 3.00. The fourth-order valence-electron chi connectivity index (χ4n) is 1.90. The molecule has 0 spiro atoms. The second-order valence-electron chi connectivity index (χ2n) is 4.54. The lowest BCUT2D eigenvalue weighted by molar-refractivity contribution is 0.0931. The maximum Gasteiger partial charge on any atom is 0.273 e. The van der Waals surface area contributed by atoms with Gasteiger partial charge in [0.2, 0.25) is 0 Å². The van der Waals surface area contributed by atoms with E-state index in [1.54, 1.807) is 18.5 Å². The van der Waals surface area contributed by atoms with E-state index in [0.717, 1.165) is 10.4 Å². The summed E-state index contributed by atoms with van der Waals surface area (Å²) in [4.78, 5) is 17.1. The van der Waals surface area contributed by atoms with E-state index in [1.807, 2.05) is 36.6 Å². The highest BCUT2D eigenvalue weighted by atomic mass is 32.1. The van der Waals surface area contributed by atoms with Crippen LogP contribution in [0.3, 0.4) is 0 Å². The molecule has 0 aliphatic rings. The van der Waals surface area contributed by atoms with E-state index in [2.05, 4.69) is 15.5 Å². The molecular formula is C15H13N3O2S. The maximum atomic E-state index is 12.2. The molecule has 3 heterocycles. The van der Waals surface area contributed by atoms with Gasteiger partial charge >= 0.3 is 0 Å². The molecule has 0 saturated heterocycles. The summed E-state index contributed by atoms with van der Waals surface area (Å²) < 4.78 is 5.20. The van der Waals surface area contributed by atoms with E-state index in [9.17, 15) is 4.79 Å². The Balaban J connectivity index is 1.71. The smallest absolute Gasteiger partial charge is 0.273 e. The Morgan fingerprint density at radius 1 is 1.38 bits per heavy atom. The Hall–Kier alpha value is -2.47. The van der Waals surface area contributed by atoms with E-state index < -0.39 is 0 Å². The number of carbonyl (C=O) groups excluding carboxylic acids is 1. The number of aromatic nitrogens is 2. The fourth-order valence-corrected chi connectivity index (χ4v) is 2.58. The van der Waals surface area contributed by atoms with Gasteiger partial charge in [-0.3, -0.25) is 9.78 Å². The highest BCUT2D eigenvalue weighted by Gasteiger charge is 2.16. The van der Waals surface area contributed by atoms with Gasteiger partial charge in [-0.15, -0.1) is 11.3 Å². The molecule has 0 aromatic carbocycles. The Morgan fingerprint density at radius 3 is 3.00 bits per heavy atom. The number of nitrogens with one attached hydrogen (secondary N) is 1. The van der Waals surface area contributed by atoms with Gasteiger partial charge < -0.3 is 9.84 Å². The number of thiophene rings is 1.